The van der Waals surface area contributed by atoms with Gasteiger partial charge in [-0.05, 0) is 37.3 Å². The van der Waals surface area contributed by atoms with E-state index in [1.807, 2.05) is 12.1 Å². The highest BCUT2D eigenvalue weighted by atomic mass is 16.1. The number of hydrogen-bond acceptors (Lipinski definition) is 4. The molecule has 80 valence electrons. The van der Waals surface area contributed by atoms with Crippen LogP contribution in [0.2, 0.25) is 0 Å². The molecular weight excluding hydrogens is 202 g/mol. The Morgan fingerprint density at radius 1 is 1.12 bits per heavy atom. The van der Waals surface area contributed by atoms with Gasteiger partial charge in [-0.3, -0.25) is 4.79 Å². The van der Waals surface area contributed by atoms with Gasteiger partial charge in [0.1, 0.15) is 0 Å². The molecule has 0 fully saturated rings. The molecule has 0 amide bonds. The second-order valence-electron chi connectivity index (χ2n) is 3.33. The minimum Gasteiger partial charge on any atom is -0.324 e. The fourth-order valence-electron chi connectivity index (χ4n) is 1.28. The average molecular weight is 213 g/mol. The molecule has 1 heterocycles. The second kappa shape index (κ2) is 4.53. The molecule has 0 aliphatic rings. The topological polar surface area (TPSA) is 54.9 Å². The first-order valence-corrected chi connectivity index (χ1v) is 4.91. The number of rotatable bonds is 3. The summed E-state index contributed by atoms with van der Waals surface area (Å²) >= 11 is 0. The maximum atomic E-state index is 11.1. The van der Waals surface area contributed by atoms with Crippen LogP contribution < -0.4 is 5.32 Å². The van der Waals surface area contributed by atoms with E-state index >= 15 is 0 Å². The zero-order valence-corrected chi connectivity index (χ0v) is 8.84. The Morgan fingerprint density at radius 3 is 2.31 bits per heavy atom. The third kappa shape index (κ3) is 2.42. The van der Waals surface area contributed by atoms with Crippen LogP contribution in [0.3, 0.4) is 0 Å². The van der Waals surface area contributed by atoms with Crippen molar-refractivity contribution in [1.82, 2.24) is 9.97 Å². The number of nitrogens with one attached hydrogen (secondary N) is 1. The van der Waals surface area contributed by atoms with E-state index in [9.17, 15) is 4.79 Å². The lowest BCUT2D eigenvalue weighted by atomic mass is 10.1. The van der Waals surface area contributed by atoms with Crippen molar-refractivity contribution in [3.05, 3.63) is 48.3 Å². The molecule has 2 rings (SSSR count). The Bertz CT molecular complexity index is 479. The second-order valence-corrected chi connectivity index (χ2v) is 3.33. The van der Waals surface area contributed by atoms with Crippen LogP contribution in [0.15, 0.2) is 42.7 Å². The molecule has 0 aliphatic heterocycles. The maximum absolute atomic E-state index is 11.1. The van der Waals surface area contributed by atoms with Gasteiger partial charge in [0, 0.05) is 23.6 Å². The van der Waals surface area contributed by atoms with Crippen LogP contribution >= 0.6 is 0 Å². The van der Waals surface area contributed by atoms with E-state index in [4.69, 9.17) is 0 Å². The van der Waals surface area contributed by atoms with Crippen molar-refractivity contribution in [3.8, 4) is 0 Å². The van der Waals surface area contributed by atoms with Crippen molar-refractivity contribution in [2.75, 3.05) is 5.32 Å². The molecule has 0 unspecified atom stereocenters. The van der Waals surface area contributed by atoms with Gasteiger partial charge in [-0.15, -0.1) is 0 Å². The summed E-state index contributed by atoms with van der Waals surface area (Å²) in [4.78, 5) is 19.2. The fourth-order valence-corrected chi connectivity index (χ4v) is 1.28. The van der Waals surface area contributed by atoms with Crippen molar-refractivity contribution < 1.29 is 4.79 Å². The van der Waals surface area contributed by atoms with Crippen molar-refractivity contribution in [3.63, 3.8) is 0 Å². The van der Waals surface area contributed by atoms with Crippen LogP contribution in [0.4, 0.5) is 11.6 Å². The van der Waals surface area contributed by atoms with Crippen LogP contribution in [0.5, 0.6) is 0 Å². The van der Waals surface area contributed by atoms with Gasteiger partial charge < -0.3 is 5.32 Å². The van der Waals surface area contributed by atoms with Gasteiger partial charge >= 0.3 is 0 Å². The predicted molar refractivity (Wildman–Crippen MR) is 61.8 cm³/mol. The first-order valence-electron chi connectivity index (χ1n) is 4.91. The summed E-state index contributed by atoms with van der Waals surface area (Å²) in [6.45, 7) is 1.54. The molecule has 1 aromatic carbocycles. The van der Waals surface area contributed by atoms with Crippen molar-refractivity contribution in [1.29, 1.82) is 0 Å². The Kier molecular flexibility index (Phi) is 2.91. The number of ketones is 1. The average Bonchev–Trinajstić information content (AvgIpc) is 2.31. The molecule has 0 saturated heterocycles. The monoisotopic (exact) mass is 213 g/mol. The summed E-state index contributed by atoms with van der Waals surface area (Å²) in [7, 11) is 0. The molecule has 0 saturated carbocycles. The first kappa shape index (κ1) is 10.3. The molecule has 0 atom stereocenters. The third-order valence-corrected chi connectivity index (χ3v) is 2.11. The van der Waals surface area contributed by atoms with Crippen LogP contribution in [0.1, 0.15) is 17.3 Å². The molecule has 0 aliphatic carbocycles. The quantitative estimate of drug-likeness (QED) is 0.795. The van der Waals surface area contributed by atoms with Crippen LogP contribution in [0, 0.1) is 0 Å². The van der Waals surface area contributed by atoms with Gasteiger partial charge in [-0.1, -0.05) is 0 Å². The summed E-state index contributed by atoms with van der Waals surface area (Å²) in [6, 6.07) is 8.95. The smallest absolute Gasteiger partial charge is 0.227 e. The highest BCUT2D eigenvalue weighted by Gasteiger charge is 1.99. The van der Waals surface area contributed by atoms with E-state index in [2.05, 4.69) is 15.3 Å². The maximum Gasteiger partial charge on any atom is 0.227 e. The van der Waals surface area contributed by atoms with Crippen molar-refractivity contribution in [2.45, 2.75) is 6.92 Å². The van der Waals surface area contributed by atoms with Crippen LogP contribution in [-0.2, 0) is 0 Å². The lowest BCUT2D eigenvalue weighted by Gasteiger charge is -2.04. The zero-order chi connectivity index (χ0) is 11.4. The lowest BCUT2D eigenvalue weighted by molar-refractivity contribution is 0.101. The number of nitrogens with zero attached hydrogens (tertiary/aromatic N) is 2. The zero-order valence-electron chi connectivity index (χ0n) is 8.84. The summed E-state index contributed by atoms with van der Waals surface area (Å²) in [5.74, 6) is 0.598. The molecule has 16 heavy (non-hydrogen) atoms. The number of carbonyl (C=O) groups excluding carboxylic acids is 1. The summed E-state index contributed by atoms with van der Waals surface area (Å²) in [6.07, 6.45) is 3.33. The molecule has 0 bridgehead atoms. The van der Waals surface area contributed by atoms with Crippen LogP contribution in [0.25, 0.3) is 0 Å². The first-order chi connectivity index (χ1) is 7.75. The Labute approximate surface area is 93.4 Å². The van der Waals surface area contributed by atoms with E-state index in [1.54, 1.807) is 37.5 Å². The molecule has 4 nitrogen and oxygen atoms in total. The van der Waals surface area contributed by atoms with E-state index in [0.29, 0.717) is 11.5 Å². The molecule has 0 spiro atoms. The van der Waals surface area contributed by atoms with E-state index in [-0.39, 0.29) is 5.78 Å². The number of carbonyl (C=O) groups is 1. The van der Waals surface area contributed by atoms with E-state index in [1.165, 1.54) is 0 Å². The fraction of sp³-hybridized carbons (Fsp3) is 0.0833. The number of Topliss-reactive ketones (excluding diaryl/α,β-unsaturated/α-hetero) is 1. The normalized spacial score (nSPS) is 9.81. The van der Waals surface area contributed by atoms with E-state index in [0.717, 1.165) is 5.69 Å². The van der Waals surface area contributed by atoms with Gasteiger partial charge in [0.2, 0.25) is 5.95 Å². The molecule has 0 radical (unpaired) electrons. The minimum absolute atomic E-state index is 0.0579. The number of benzene rings is 1. The van der Waals surface area contributed by atoms with Crippen molar-refractivity contribution >= 4 is 17.4 Å². The SMILES string of the molecule is CC(=O)c1ccc(Nc2ncccn2)cc1. The molecule has 2 aromatic rings. The van der Waals surface area contributed by atoms with Crippen LogP contribution in [-0.4, -0.2) is 15.8 Å². The van der Waals surface area contributed by atoms with Crippen molar-refractivity contribution in [2.24, 2.45) is 0 Å². The van der Waals surface area contributed by atoms with Gasteiger partial charge in [0.05, 0.1) is 0 Å². The highest BCUT2D eigenvalue weighted by Crippen LogP contribution is 2.13. The number of anilines is 2. The predicted octanol–water partition coefficient (Wildman–Crippen LogP) is 2.42. The largest absolute Gasteiger partial charge is 0.324 e. The number of hydrogen-bond donors (Lipinski definition) is 1. The van der Waals surface area contributed by atoms with Gasteiger partial charge in [-0.2, -0.15) is 0 Å². The Morgan fingerprint density at radius 2 is 1.75 bits per heavy atom. The molecule has 1 N–H and O–H groups in total. The Balaban J connectivity index is 2.14. The summed E-state index contributed by atoms with van der Waals surface area (Å²) in [5.41, 5.74) is 1.55. The summed E-state index contributed by atoms with van der Waals surface area (Å²) < 4.78 is 0. The Hall–Kier alpha value is -2.23. The lowest BCUT2D eigenvalue weighted by Crippen LogP contribution is -1.97. The van der Waals surface area contributed by atoms with Gasteiger partial charge in [0.15, 0.2) is 5.78 Å². The summed E-state index contributed by atoms with van der Waals surface area (Å²) in [5, 5.41) is 3.04. The molecular formula is C12H11N3O. The van der Waals surface area contributed by atoms with E-state index < -0.39 is 0 Å². The molecule has 1 aromatic heterocycles. The molecule has 4 heteroatoms. The minimum atomic E-state index is 0.0579. The third-order valence-electron chi connectivity index (χ3n) is 2.11. The van der Waals surface area contributed by atoms with Gasteiger partial charge in [0.25, 0.3) is 0 Å². The number of aromatic nitrogens is 2. The van der Waals surface area contributed by atoms with Gasteiger partial charge in [-0.25, -0.2) is 9.97 Å². The standard InChI is InChI=1S/C12H11N3O/c1-9(16)10-3-5-11(6-4-10)15-12-13-7-2-8-14-12/h2-8H,1H3,(H,13,14,15). The highest BCUT2D eigenvalue weighted by molar-refractivity contribution is 5.94.